The number of nitrogens with zero attached hydrogens (tertiary/aromatic N) is 1. The van der Waals surface area contributed by atoms with E-state index in [-0.39, 0.29) is 5.30 Å². The summed E-state index contributed by atoms with van der Waals surface area (Å²) in [5, 5.41) is 1.86. The number of fused-ring (bicyclic) bond motifs is 3. The summed E-state index contributed by atoms with van der Waals surface area (Å²) in [5.41, 5.74) is 2.36. The van der Waals surface area contributed by atoms with E-state index < -0.39 is 7.60 Å². The topological polar surface area (TPSA) is 62.5 Å². The van der Waals surface area contributed by atoms with Crippen molar-refractivity contribution in [3.05, 3.63) is 72.8 Å². The van der Waals surface area contributed by atoms with Crippen LogP contribution in [-0.2, 0) is 4.57 Å². The highest BCUT2D eigenvalue weighted by molar-refractivity contribution is 7.60. The van der Waals surface area contributed by atoms with Gasteiger partial charge in [-0.3, -0.25) is 4.57 Å². The third-order valence-corrected chi connectivity index (χ3v) is 4.99. The second-order valence-corrected chi connectivity index (χ2v) is 6.98. The third kappa shape index (κ3) is 2.20. The Morgan fingerprint density at radius 2 is 1.39 bits per heavy atom. The molecular weight excluding hydrogens is 309 g/mol. The lowest BCUT2D eigenvalue weighted by atomic mass is 10.1. The molecule has 0 atom stereocenters. The number of rotatable bonds is 2. The Bertz CT molecular complexity index is 1060. The molecule has 5 heteroatoms. The predicted octanol–water partition coefficient (Wildman–Crippen LogP) is 3.59. The second-order valence-electron chi connectivity index (χ2n) is 5.41. The van der Waals surface area contributed by atoms with Crippen LogP contribution in [0.3, 0.4) is 0 Å². The smallest absolute Gasteiger partial charge is 0.321 e. The van der Waals surface area contributed by atoms with Gasteiger partial charge in [-0.05, 0) is 24.3 Å². The zero-order chi connectivity index (χ0) is 16.0. The molecule has 23 heavy (non-hydrogen) atoms. The Morgan fingerprint density at radius 3 is 2.13 bits per heavy atom. The first-order valence-corrected chi connectivity index (χ1v) is 8.82. The van der Waals surface area contributed by atoms with Crippen LogP contribution < -0.4 is 5.30 Å². The van der Waals surface area contributed by atoms with E-state index in [1.54, 1.807) is 6.07 Å². The van der Waals surface area contributed by atoms with Crippen molar-refractivity contribution in [1.82, 2.24) is 4.57 Å². The van der Waals surface area contributed by atoms with Gasteiger partial charge in [-0.1, -0.05) is 48.5 Å². The Morgan fingerprint density at radius 1 is 0.739 bits per heavy atom. The largest absolute Gasteiger partial charge is 0.358 e. The van der Waals surface area contributed by atoms with Gasteiger partial charge in [-0.25, -0.2) is 0 Å². The van der Waals surface area contributed by atoms with Crippen LogP contribution in [0.5, 0.6) is 0 Å². The fourth-order valence-electron chi connectivity index (χ4n) is 3.08. The molecule has 0 radical (unpaired) electrons. The van der Waals surface area contributed by atoms with E-state index >= 15 is 0 Å². The van der Waals surface area contributed by atoms with Gasteiger partial charge in [0.2, 0.25) is 0 Å². The molecule has 0 spiro atoms. The van der Waals surface area contributed by atoms with Crippen molar-refractivity contribution in [2.75, 3.05) is 0 Å². The van der Waals surface area contributed by atoms with Crippen LogP contribution in [0.2, 0.25) is 0 Å². The van der Waals surface area contributed by atoms with Crippen LogP contribution in [0.25, 0.3) is 27.5 Å². The summed E-state index contributed by atoms with van der Waals surface area (Å²) in [6.45, 7) is 0. The van der Waals surface area contributed by atoms with Crippen LogP contribution in [0.1, 0.15) is 0 Å². The molecular formula is C18H14NO3P. The van der Waals surface area contributed by atoms with Gasteiger partial charge >= 0.3 is 7.60 Å². The summed E-state index contributed by atoms with van der Waals surface area (Å²) in [7, 11) is -4.39. The summed E-state index contributed by atoms with van der Waals surface area (Å²) >= 11 is 0. The molecule has 0 unspecified atom stereocenters. The van der Waals surface area contributed by atoms with Crippen molar-refractivity contribution in [3.63, 3.8) is 0 Å². The van der Waals surface area contributed by atoms with Gasteiger partial charge in [0.25, 0.3) is 0 Å². The van der Waals surface area contributed by atoms with E-state index in [1.807, 2.05) is 65.2 Å². The molecule has 0 amide bonds. The highest BCUT2D eigenvalue weighted by Crippen LogP contribution is 2.40. The van der Waals surface area contributed by atoms with E-state index in [0.29, 0.717) is 5.52 Å². The van der Waals surface area contributed by atoms with Gasteiger partial charge in [0.15, 0.2) is 0 Å². The summed E-state index contributed by atoms with van der Waals surface area (Å²) in [4.78, 5) is 19.6. The average Bonchev–Trinajstić information content (AvgIpc) is 2.89. The normalized spacial score (nSPS) is 12.1. The molecule has 0 bridgehead atoms. The first kappa shape index (κ1) is 14.2. The van der Waals surface area contributed by atoms with Gasteiger partial charge in [-0.2, -0.15) is 0 Å². The molecule has 4 nitrogen and oxygen atoms in total. The molecule has 2 N–H and O–H groups in total. The lowest BCUT2D eigenvalue weighted by molar-refractivity contribution is 0.387. The molecule has 0 fully saturated rings. The minimum atomic E-state index is -4.39. The number of hydrogen-bond donors (Lipinski definition) is 2. The zero-order valence-corrected chi connectivity index (χ0v) is 13.0. The van der Waals surface area contributed by atoms with Crippen molar-refractivity contribution in [3.8, 4) is 5.69 Å². The summed E-state index contributed by atoms with van der Waals surface area (Å²) in [6, 6.07) is 22.5. The van der Waals surface area contributed by atoms with Gasteiger partial charge in [0.05, 0.1) is 16.3 Å². The molecule has 0 aliphatic heterocycles. The van der Waals surface area contributed by atoms with Crippen molar-refractivity contribution in [1.29, 1.82) is 0 Å². The van der Waals surface area contributed by atoms with Gasteiger partial charge in [0.1, 0.15) is 0 Å². The van der Waals surface area contributed by atoms with Crippen LogP contribution in [-0.4, -0.2) is 14.4 Å². The second kappa shape index (κ2) is 5.07. The van der Waals surface area contributed by atoms with Crippen molar-refractivity contribution >= 4 is 34.7 Å². The Kier molecular flexibility index (Phi) is 3.13. The average molecular weight is 323 g/mol. The zero-order valence-electron chi connectivity index (χ0n) is 12.1. The van der Waals surface area contributed by atoms with Gasteiger partial charge in [-0.15, -0.1) is 0 Å². The summed E-state index contributed by atoms with van der Waals surface area (Å²) < 4.78 is 13.9. The molecule has 114 valence electrons. The maximum Gasteiger partial charge on any atom is 0.358 e. The molecule has 1 aromatic heterocycles. The Balaban J connectivity index is 2.28. The Labute approximate surface area is 132 Å². The summed E-state index contributed by atoms with van der Waals surface area (Å²) in [5.74, 6) is 0. The van der Waals surface area contributed by atoms with E-state index in [1.165, 1.54) is 6.07 Å². The maximum absolute atomic E-state index is 12.0. The quantitative estimate of drug-likeness (QED) is 0.554. The molecule has 0 aliphatic rings. The fourth-order valence-corrected chi connectivity index (χ4v) is 3.86. The number of aromatic nitrogens is 1. The highest BCUT2D eigenvalue weighted by atomic mass is 31.2. The fraction of sp³-hybridized carbons (Fsp3) is 0. The first-order valence-electron chi connectivity index (χ1n) is 7.21. The standard InChI is InChI=1S/C18H14NO3P/c20-23(21,22)17-12-6-10-15-14-9-4-5-11-16(14)19(18(15)17)13-7-2-1-3-8-13/h1-12H,(H2,20,21,22). The molecule has 1 heterocycles. The summed E-state index contributed by atoms with van der Waals surface area (Å²) in [6.07, 6.45) is 0. The highest BCUT2D eigenvalue weighted by Gasteiger charge is 2.24. The number of benzene rings is 3. The Hall–Kier alpha value is -2.39. The minimum absolute atomic E-state index is 0.0510. The minimum Gasteiger partial charge on any atom is -0.321 e. The van der Waals surface area contributed by atoms with E-state index in [4.69, 9.17) is 0 Å². The lowest BCUT2D eigenvalue weighted by Crippen LogP contribution is -2.09. The molecule has 4 rings (SSSR count). The lowest BCUT2D eigenvalue weighted by Gasteiger charge is -2.11. The molecule has 0 saturated carbocycles. The van der Waals surface area contributed by atoms with Crippen LogP contribution in [0, 0.1) is 0 Å². The first-order chi connectivity index (χ1) is 11.1. The van der Waals surface area contributed by atoms with Crippen LogP contribution >= 0.6 is 7.60 Å². The van der Waals surface area contributed by atoms with Crippen molar-refractivity contribution in [2.45, 2.75) is 0 Å². The third-order valence-electron chi connectivity index (χ3n) is 4.00. The van der Waals surface area contributed by atoms with Crippen molar-refractivity contribution in [2.24, 2.45) is 0 Å². The molecule has 0 aliphatic carbocycles. The van der Waals surface area contributed by atoms with Crippen LogP contribution in [0.4, 0.5) is 0 Å². The number of para-hydroxylation sites is 3. The van der Waals surface area contributed by atoms with Gasteiger partial charge in [0, 0.05) is 16.5 Å². The molecule has 3 aromatic carbocycles. The SMILES string of the molecule is O=P(O)(O)c1cccc2c3ccccc3n(-c3ccccc3)c12. The molecule has 0 saturated heterocycles. The van der Waals surface area contributed by atoms with E-state index in [2.05, 4.69) is 0 Å². The molecule has 4 aromatic rings. The predicted molar refractivity (Wildman–Crippen MR) is 92.5 cm³/mol. The monoisotopic (exact) mass is 323 g/mol. The maximum atomic E-state index is 12.0. The van der Waals surface area contributed by atoms with E-state index in [0.717, 1.165) is 22.0 Å². The van der Waals surface area contributed by atoms with E-state index in [9.17, 15) is 14.4 Å². The number of hydrogen-bond acceptors (Lipinski definition) is 1. The van der Waals surface area contributed by atoms with Crippen molar-refractivity contribution < 1.29 is 14.4 Å². The van der Waals surface area contributed by atoms with Gasteiger partial charge < -0.3 is 14.4 Å². The van der Waals surface area contributed by atoms with Crippen LogP contribution in [0.15, 0.2) is 72.8 Å².